The summed E-state index contributed by atoms with van der Waals surface area (Å²) in [6.45, 7) is 6.47. The Balaban J connectivity index is 1.64. The van der Waals surface area contributed by atoms with Crippen LogP contribution in [0.15, 0.2) is 29.1 Å². The fraction of sp³-hybridized carbons (Fsp3) is 0.500. The molecule has 3 heterocycles. The van der Waals surface area contributed by atoms with Crippen molar-refractivity contribution in [1.82, 2.24) is 9.88 Å². The lowest BCUT2D eigenvalue weighted by atomic mass is 10.1. The van der Waals surface area contributed by atoms with Crippen molar-refractivity contribution < 1.29 is 0 Å². The maximum absolute atomic E-state index is 12.5. The van der Waals surface area contributed by atoms with Gasteiger partial charge in [-0.1, -0.05) is 18.2 Å². The Morgan fingerprint density at radius 2 is 2.00 bits per heavy atom. The highest BCUT2D eigenvalue weighted by molar-refractivity contribution is 5.84. The van der Waals surface area contributed by atoms with Crippen molar-refractivity contribution in [1.29, 1.82) is 0 Å². The highest BCUT2D eigenvalue weighted by atomic mass is 16.1. The lowest BCUT2D eigenvalue weighted by Gasteiger charge is -2.24. The molecule has 2 aromatic rings. The van der Waals surface area contributed by atoms with Crippen LogP contribution in [0.3, 0.4) is 0 Å². The van der Waals surface area contributed by atoms with E-state index in [2.05, 4.69) is 33.0 Å². The smallest absolute Gasteiger partial charge is 0.271 e. The number of pyridine rings is 1. The van der Waals surface area contributed by atoms with Gasteiger partial charge in [0.1, 0.15) is 5.69 Å². The molecule has 4 heteroatoms. The third kappa shape index (κ3) is 2.31. The highest BCUT2D eigenvalue weighted by Gasteiger charge is 2.30. The summed E-state index contributed by atoms with van der Waals surface area (Å²) in [5.74, 6) is 0. The van der Waals surface area contributed by atoms with Gasteiger partial charge in [-0.05, 0) is 50.9 Å². The number of para-hydroxylation sites is 1. The summed E-state index contributed by atoms with van der Waals surface area (Å²) in [5, 5.41) is 1.12. The molecule has 0 saturated carbocycles. The number of benzene rings is 1. The molecule has 0 spiro atoms. The molecule has 0 radical (unpaired) electrons. The molecular formula is C18H23N3O. The first-order valence-electron chi connectivity index (χ1n) is 8.34. The van der Waals surface area contributed by atoms with Crippen LogP contribution in [0, 0.1) is 6.92 Å². The summed E-state index contributed by atoms with van der Waals surface area (Å²) in [6, 6.07) is 8.85. The van der Waals surface area contributed by atoms with Crippen LogP contribution in [-0.4, -0.2) is 42.1 Å². The Labute approximate surface area is 130 Å². The number of likely N-dealkylation sites (tertiary alicyclic amines) is 1. The van der Waals surface area contributed by atoms with Gasteiger partial charge in [-0.2, -0.15) is 0 Å². The molecule has 4 rings (SSSR count). The number of nitrogens with one attached hydrogen (secondary N) is 1. The minimum absolute atomic E-state index is 0.0453. The number of aromatic amines is 1. The molecular weight excluding hydrogens is 274 g/mol. The molecule has 0 bridgehead atoms. The van der Waals surface area contributed by atoms with Gasteiger partial charge < -0.3 is 9.88 Å². The molecule has 116 valence electrons. The number of aromatic nitrogens is 1. The molecule has 0 amide bonds. The number of aryl methyl sites for hydroxylation is 1. The van der Waals surface area contributed by atoms with Crippen LogP contribution in [0.4, 0.5) is 5.69 Å². The Hall–Kier alpha value is -1.81. The Bertz CT molecular complexity index is 746. The molecule has 2 aliphatic heterocycles. The van der Waals surface area contributed by atoms with Crippen molar-refractivity contribution in [3.63, 3.8) is 0 Å². The standard InChI is InChI=1S/C18H23N3O/c1-13-5-4-6-14-11-16(18(22)19-17(13)14)21-10-7-15(12-21)20-8-2-3-9-20/h4-6,11,15H,2-3,7-10,12H2,1H3,(H,19,22). The number of nitrogens with zero attached hydrogens (tertiary/aromatic N) is 2. The molecule has 4 nitrogen and oxygen atoms in total. The van der Waals surface area contributed by atoms with Gasteiger partial charge in [-0.25, -0.2) is 0 Å². The van der Waals surface area contributed by atoms with E-state index in [1.165, 1.54) is 32.4 Å². The van der Waals surface area contributed by atoms with Gasteiger partial charge in [0.15, 0.2) is 0 Å². The van der Waals surface area contributed by atoms with Crippen molar-refractivity contribution >= 4 is 16.6 Å². The van der Waals surface area contributed by atoms with Crippen LogP contribution in [0.2, 0.25) is 0 Å². The van der Waals surface area contributed by atoms with Crippen LogP contribution in [0.25, 0.3) is 10.9 Å². The van der Waals surface area contributed by atoms with Gasteiger partial charge in [0.05, 0.1) is 5.52 Å². The van der Waals surface area contributed by atoms with Crippen LogP contribution in [0.1, 0.15) is 24.8 Å². The summed E-state index contributed by atoms with van der Waals surface area (Å²) in [5.41, 5.74) is 2.97. The summed E-state index contributed by atoms with van der Waals surface area (Å²) in [7, 11) is 0. The number of anilines is 1. The first-order valence-corrected chi connectivity index (χ1v) is 8.34. The van der Waals surface area contributed by atoms with Gasteiger partial charge in [-0.15, -0.1) is 0 Å². The number of H-pyrrole nitrogens is 1. The molecule has 2 fully saturated rings. The van der Waals surface area contributed by atoms with E-state index in [-0.39, 0.29) is 5.56 Å². The fourth-order valence-corrected chi connectivity index (χ4v) is 3.97. The fourth-order valence-electron chi connectivity index (χ4n) is 3.97. The molecule has 1 aromatic carbocycles. The predicted molar refractivity (Wildman–Crippen MR) is 90.7 cm³/mol. The molecule has 1 aromatic heterocycles. The van der Waals surface area contributed by atoms with Gasteiger partial charge >= 0.3 is 0 Å². The van der Waals surface area contributed by atoms with Crippen LogP contribution in [-0.2, 0) is 0 Å². The second kappa shape index (κ2) is 5.43. The first kappa shape index (κ1) is 13.8. The quantitative estimate of drug-likeness (QED) is 0.926. The Morgan fingerprint density at radius 3 is 2.82 bits per heavy atom. The SMILES string of the molecule is Cc1cccc2cc(N3CCC(N4CCCC4)C3)c(=O)[nH]c12. The van der Waals surface area contributed by atoms with Gasteiger partial charge in [0, 0.05) is 24.5 Å². The summed E-state index contributed by atoms with van der Waals surface area (Å²) in [4.78, 5) is 20.4. The molecule has 1 atom stereocenters. The molecule has 1 N–H and O–H groups in total. The van der Waals surface area contributed by atoms with Gasteiger partial charge in [-0.3, -0.25) is 9.69 Å². The maximum atomic E-state index is 12.5. The summed E-state index contributed by atoms with van der Waals surface area (Å²) in [6.07, 6.45) is 3.82. The monoisotopic (exact) mass is 297 g/mol. The Kier molecular flexibility index (Phi) is 3.41. The average Bonchev–Trinajstić information content (AvgIpc) is 3.18. The second-order valence-electron chi connectivity index (χ2n) is 6.65. The third-order valence-electron chi connectivity index (χ3n) is 5.23. The van der Waals surface area contributed by atoms with Gasteiger partial charge in [0.2, 0.25) is 0 Å². The maximum Gasteiger partial charge on any atom is 0.271 e. The zero-order valence-electron chi connectivity index (χ0n) is 13.1. The zero-order valence-corrected chi connectivity index (χ0v) is 13.1. The molecule has 2 saturated heterocycles. The first-order chi connectivity index (χ1) is 10.7. The second-order valence-corrected chi connectivity index (χ2v) is 6.65. The number of hydrogen-bond donors (Lipinski definition) is 1. The predicted octanol–water partition coefficient (Wildman–Crippen LogP) is 2.51. The van der Waals surface area contributed by atoms with E-state index in [1.807, 2.05) is 13.0 Å². The van der Waals surface area contributed by atoms with Crippen LogP contribution in [0.5, 0.6) is 0 Å². The Morgan fingerprint density at radius 1 is 1.18 bits per heavy atom. The topological polar surface area (TPSA) is 39.3 Å². The minimum Gasteiger partial charge on any atom is -0.365 e. The normalized spacial score (nSPS) is 22.8. The van der Waals surface area contributed by atoms with E-state index >= 15 is 0 Å². The van der Waals surface area contributed by atoms with Crippen molar-refractivity contribution in [2.24, 2.45) is 0 Å². The van der Waals surface area contributed by atoms with E-state index in [1.54, 1.807) is 0 Å². The number of rotatable bonds is 2. The van der Waals surface area contributed by atoms with Crippen LogP contribution < -0.4 is 10.5 Å². The molecule has 1 unspecified atom stereocenters. The lowest BCUT2D eigenvalue weighted by Crippen LogP contribution is -2.36. The van der Waals surface area contributed by atoms with E-state index in [4.69, 9.17) is 0 Å². The van der Waals surface area contributed by atoms with E-state index in [0.29, 0.717) is 6.04 Å². The molecule has 22 heavy (non-hydrogen) atoms. The third-order valence-corrected chi connectivity index (χ3v) is 5.23. The van der Waals surface area contributed by atoms with Gasteiger partial charge in [0.25, 0.3) is 5.56 Å². The van der Waals surface area contributed by atoms with E-state index in [9.17, 15) is 4.79 Å². The van der Waals surface area contributed by atoms with Crippen molar-refractivity contribution in [2.75, 3.05) is 31.1 Å². The van der Waals surface area contributed by atoms with Crippen molar-refractivity contribution in [3.05, 3.63) is 40.2 Å². The summed E-state index contributed by atoms with van der Waals surface area (Å²) < 4.78 is 0. The van der Waals surface area contributed by atoms with Crippen molar-refractivity contribution in [2.45, 2.75) is 32.2 Å². The van der Waals surface area contributed by atoms with E-state index in [0.717, 1.165) is 35.2 Å². The largest absolute Gasteiger partial charge is 0.365 e. The summed E-state index contributed by atoms with van der Waals surface area (Å²) >= 11 is 0. The lowest BCUT2D eigenvalue weighted by molar-refractivity contribution is 0.260. The highest BCUT2D eigenvalue weighted by Crippen LogP contribution is 2.25. The minimum atomic E-state index is 0.0453. The molecule has 0 aliphatic carbocycles. The zero-order chi connectivity index (χ0) is 15.1. The molecule has 2 aliphatic rings. The van der Waals surface area contributed by atoms with Crippen LogP contribution >= 0.6 is 0 Å². The number of fused-ring (bicyclic) bond motifs is 1. The van der Waals surface area contributed by atoms with Crippen molar-refractivity contribution in [3.8, 4) is 0 Å². The average molecular weight is 297 g/mol. The van der Waals surface area contributed by atoms with E-state index < -0.39 is 0 Å². The number of hydrogen-bond acceptors (Lipinski definition) is 3.